The summed E-state index contributed by atoms with van der Waals surface area (Å²) < 4.78 is 27.8. The second-order valence-electron chi connectivity index (χ2n) is 8.05. The highest BCUT2D eigenvalue weighted by atomic mass is 32.2. The summed E-state index contributed by atoms with van der Waals surface area (Å²) in [5.41, 5.74) is 1.13. The normalized spacial score (nSPS) is 17.2. The highest BCUT2D eigenvalue weighted by Gasteiger charge is 2.25. The molecular formula is C24H28N2O3S. The van der Waals surface area contributed by atoms with E-state index in [1.165, 1.54) is 10.8 Å². The third-order valence-corrected chi connectivity index (χ3v) is 7.25. The summed E-state index contributed by atoms with van der Waals surface area (Å²) in [5, 5.41) is 13.0. The zero-order valence-corrected chi connectivity index (χ0v) is 17.8. The Morgan fingerprint density at radius 3 is 2.33 bits per heavy atom. The van der Waals surface area contributed by atoms with Crippen LogP contribution in [0.4, 0.5) is 0 Å². The van der Waals surface area contributed by atoms with Crippen molar-refractivity contribution in [3.05, 3.63) is 78.4 Å². The molecule has 5 nitrogen and oxygen atoms in total. The maximum Gasteiger partial charge on any atom is 0.240 e. The first-order valence-electron chi connectivity index (χ1n) is 10.4. The van der Waals surface area contributed by atoms with Gasteiger partial charge >= 0.3 is 0 Å². The van der Waals surface area contributed by atoms with Gasteiger partial charge in [-0.05, 0) is 60.8 Å². The van der Waals surface area contributed by atoms with Gasteiger partial charge in [-0.1, -0.05) is 60.7 Å². The minimum Gasteiger partial charge on any atom is -0.391 e. The molecule has 0 aromatic heterocycles. The van der Waals surface area contributed by atoms with Crippen LogP contribution < -0.4 is 4.72 Å². The molecular weight excluding hydrogens is 396 g/mol. The highest BCUT2D eigenvalue weighted by molar-refractivity contribution is 7.89. The summed E-state index contributed by atoms with van der Waals surface area (Å²) >= 11 is 0. The molecule has 1 atom stereocenters. The van der Waals surface area contributed by atoms with E-state index in [0.717, 1.165) is 31.5 Å². The first kappa shape index (κ1) is 21.0. The summed E-state index contributed by atoms with van der Waals surface area (Å²) in [6, 6.07) is 23.0. The van der Waals surface area contributed by atoms with Crippen LogP contribution in [0.25, 0.3) is 10.8 Å². The molecule has 0 amide bonds. The summed E-state index contributed by atoms with van der Waals surface area (Å²) in [6.07, 6.45) is 1.67. The number of nitrogens with one attached hydrogen (secondary N) is 1. The molecule has 0 saturated carbocycles. The number of piperidine rings is 1. The lowest BCUT2D eigenvalue weighted by molar-refractivity contribution is 0.0962. The van der Waals surface area contributed by atoms with Gasteiger partial charge in [-0.25, -0.2) is 13.1 Å². The largest absolute Gasteiger partial charge is 0.391 e. The number of aliphatic hydroxyl groups is 1. The summed E-state index contributed by atoms with van der Waals surface area (Å²) in [5.74, 6) is 0. The van der Waals surface area contributed by atoms with Gasteiger partial charge in [0.05, 0.1) is 11.0 Å². The number of sulfonamides is 1. The Morgan fingerprint density at radius 1 is 0.933 bits per heavy atom. The van der Waals surface area contributed by atoms with Crippen LogP contribution in [0.1, 0.15) is 18.4 Å². The molecule has 1 heterocycles. The number of hydrogen-bond donors (Lipinski definition) is 2. The van der Waals surface area contributed by atoms with Crippen LogP contribution in [0.3, 0.4) is 0 Å². The van der Waals surface area contributed by atoms with Crippen molar-refractivity contribution < 1.29 is 13.5 Å². The third kappa shape index (κ3) is 5.26. The van der Waals surface area contributed by atoms with Crippen molar-refractivity contribution in [2.24, 2.45) is 0 Å². The molecule has 30 heavy (non-hydrogen) atoms. The number of rotatable bonds is 7. The molecule has 0 spiro atoms. The molecule has 3 aromatic carbocycles. The van der Waals surface area contributed by atoms with E-state index in [0.29, 0.717) is 17.9 Å². The number of hydrogen-bond acceptors (Lipinski definition) is 4. The molecule has 4 rings (SSSR count). The van der Waals surface area contributed by atoms with E-state index in [9.17, 15) is 13.5 Å². The van der Waals surface area contributed by atoms with Crippen molar-refractivity contribution in [2.75, 3.05) is 19.6 Å². The summed E-state index contributed by atoms with van der Waals surface area (Å²) in [6.45, 7) is 2.15. The van der Waals surface area contributed by atoms with Gasteiger partial charge in [-0.2, -0.15) is 0 Å². The van der Waals surface area contributed by atoms with E-state index in [-0.39, 0.29) is 6.04 Å². The molecule has 2 N–H and O–H groups in total. The van der Waals surface area contributed by atoms with Gasteiger partial charge in [0.1, 0.15) is 0 Å². The van der Waals surface area contributed by atoms with E-state index in [4.69, 9.17) is 0 Å². The Labute approximate surface area is 178 Å². The first-order chi connectivity index (χ1) is 14.5. The molecule has 0 bridgehead atoms. The quantitative estimate of drug-likeness (QED) is 0.611. The van der Waals surface area contributed by atoms with Crippen LogP contribution in [0.5, 0.6) is 0 Å². The second kappa shape index (κ2) is 9.27. The standard InChI is InChI=1S/C24H28N2O3S/c27-23(17-19-10-11-20-6-4-5-7-21(20)16-19)18-26-14-12-22(13-15-26)25-30(28,29)24-8-2-1-3-9-24/h1-11,16,22-23,25,27H,12-15,17-18H2/t23-/m0/s1. The smallest absolute Gasteiger partial charge is 0.240 e. The zero-order valence-electron chi connectivity index (χ0n) is 16.9. The predicted molar refractivity (Wildman–Crippen MR) is 120 cm³/mol. The fourth-order valence-corrected chi connectivity index (χ4v) is 5.45. The first-order valence-corrected chi connectivity index (χ1v) is 11.9. The second-order valence-corrected chi connectivity index (χ2v) is 9.76. The number of likely N-dealkylation sites (tertiary alicyclic amines) is 1. The van der Waals surface area contributed by atoms with E-state index < -0.39 is 16.1 Å². The molecule has 1 fully saturated rings. The predicted octanol–water partition coefficient (Wildman–Crippen LogP) is 3.19. The number of benzene rings is 3. The van der Waals surface area contributed by atoms with Crippen LogP contribution in [0.2, 0.25) is 0 Å². The van der Waals surface area contributed by atoms with Gasteiger partial charge in [-0.15, -0.1) is 0 Å². The van der Waals surface area contributed by atoms with E-state index >= 15 is 0 Å². The minimum atomic E-state index is -3.48. The Kier molecular flexibility index (Phi) is 6.49. The molecule has 0 aliphatic carbocycles. The van der Waals surface area contributed by atoms with E-state index in [1.807, 2.05) is 12.1 Å². The topological polar surface area (TPSA) is 69.6 Å². The molecule has 0 unspecified atom stereocenters. The highest BCUT2D eigenvalue weighted by Crippen LogP contribution is 2.18. The fourth-order valence-electron chi connectivity index (χ4n) is 4.12. The lowest BCUT2D eigenvalue weighted by atomic mass is 10.0. The molecule has 1 aliphatic rings. The number of aliphatic hydroxyl groups excluding tert-OH is 1. The molecule has 0 radical (unpaired) electrons. The van der Waals surface area contributed by atoms with Gasteiger partial charge < -0.3 is 10.0 Å². The van der Waals surface area contributed by atoms with Gasteiger partial charge in [0.25, 0.3) is 0 Å². The van der Waals surface area contributed by atoms with Gasteiger partial charge in [0, 0.05) is 12.6 Å². The van der Waals surface area contributed by atoms with Gasteiger partial charge in [-0.3, -0.25) is 0 Å². The summed E-state index contributed by atoms with van der Waals surface area (Å²) in [4.78, 5) is 2.53. The van der Waals surface area contributed by atoms with Gasteiger partial charge in [0.2, 0.25) is 10.0 Å². The lowest BCUT2D eigenvalue weighted by Gasteiger charge is -2.33. The molecule has 1 saturated heterocycles. The van der Waals surface area contributed by atoms with Crippen LogP contribution in [-0.2, 0) is 16.4 Å². The third-order valence-electron chi connectivity index (χ3n) is 5.72. The van der Waals surface area contributed by atoms with Crippen molar-refractivity contribution in [3.8, 4) is 0 Å². The molecule has 158 valence electrons. The average molecular weight is 425 g/mol. The van der Waals surface area contributed by atoms with Crippen LogP contribution in [0.15, 0.2) is 77.7 Å². The number of nitrogens with zero attached hydrogens (tertiary/aromatic N) is 1. The average Bonchev–Trinajstić information content (AvgIpc) is 2.75. The van der Waals surface area contributed by atoms with Crippen LogP contribution in [0, 0.1) is 0 Å². The molecule has 3 aromatic rings. The maximum absolute atomic E-state index is 12.5. The van der Waals surface area contributed by atoms with Gasteiger partial charge in [0.15, 0.2) is 0 Å². The van der Waals surface area contributed by atoms with Crippen LogP contribution in [-0.4, -0.2) is 50.2 Å². The monoisotopic (exact) mass is 424 g/mol. The Bertz CT molecular complexity index is 1080. The Balaban J connectivity index is 1.27. The summed E-state index contributed by atoms with van der Waals surface area (Å²) in [7, 11) is -3.48. The molecule has 6 heteroatoms. The van der Waals surface area contributed by atoms with Crippen molar-refractivity contribution in [2.45, 2.75) is 36.3 Å². The SMILES string of the molecule is O=S(=O)(NC1CCN(C[C@@H](O)Cc2ccc3ccccc3c2)CC1)c1ccccc1. The van der Waals surface area contributed by atoms with Crippen molar-refractivity contribution in [3.63, 3.8) is 0 Å². The minimum absolute atomic E-state index is 0.0657. The van der Waals surface area contributed by atoms with Crippen LogP contribution >= 0.6 is 0 Å². The van der Waals surface area contributed by atoms with Crippen molar-refractivity contribution >= 4 is 20.8 Å². The number of β-amino-alcohol motifs (C(OH)–C–C–N with tert-alkyl or cyclic N) is 1. The van der Waals surface area contributed by atoms with E-state index in [2.05, 4.69) is 40.0 Å². The Hall–Kier alpha value is -2.25. The fraction of sp³-hybridized carbons (Fsp3) is 0.333. The number of fused-ring (bicyclic) bond motifs is 1. The van der Waals surface area contributed by atoms with E-state index in [1.54, 1.807) is 30.3 Å². The maximum atomic E-state index is 12.5. The van der Waals surface area contributed by atoms with Crippen molar-refractivity contribution in [1.29, 1.82) is 0 Å². The lowest BCUT2D eigenvalue weighted by Crippen LogP contribution is -2.46. The zero-order chi connectivity index (χ0) is 21.0. The Morgan fingerprint density at radius 2 is 1.60 bits per heavy atom. The van der Waals surface area contributed by atoms with Crippen molar-refractivity contribution in [1.82, 2.24) is 9.62 Å². The molecule has 1 aliphatic heterocycles.